The summed E-state index contributed by atoms with van der Waals surface area (Å²) in [5.74, 6) is -0.534. The number of nitrogens with one attached hydrogen (secondary N) is 2. The number of halogens is 1. The number of nitrogens with two attached hydrogens (primary N) is 1. The largest absolute Gasteiger partial charge is 0.398 e. The van der Waals surface area contributed by atoms with Crippen molar-refractivity contribution in [2.24, 2.45) is 0 Å². The summed E-state index contributed by atoms with van der Waals surface area (Å²) in [7, 11) is 0. The van der Waals surface area contributed by atoms with Gasteiger partial charge in [0, 0.05) is 21.8 Å². The van der Waals surface area contributed by atoms with Crippen molar-refractivity contribution < 1.29 is 9.59 Å². The number of benzene rings is 1. The summed E-state index contributed by atoms with van der Waals surface area (Å²) in [6.45, 7) is 5.44. The van der Waals surface area contributed by atoms with E-state index in [1.807, 2.05) is 13.8 Å². The van der Waals surface area contributed by atoms with Crippen LogP contribution < -0.4 is 16.4 Å². The maximum Gasteiger partial charge on any atom is 0.252 e. The molecule has 0 aromatic heterocycles. The molecular formula is C13H18BrN3O2. The van der Waals surface area contributed by atoms with Crippen molar-refractivity contribution >= 4 is 33.4 Å². The molecule has 0 aliphatic carbocycles. The monoisotopic (exact) mass is 327 g/mol. The van der Waals surface area contributed by atoms with Crippen LogP contribution in [0.15, 0.2) is 16.6 Å². The van der Waals surface area contributed by atoms with Gasteiger partial charge in [0.1, 0.15) is 0 Å². The third-order valence-electron chi connectivity index (χ3n) is 2.52. The van der Waals surface area contributed by atoms with Gasteiger partial charge in [-0.3, -0.25) is 9.59 Å². The first-order valence-corrected chi connectivity index (χ1v) is 6.73. The number of nitrogen functional groups attached to an aromatic ring is 1. The Hall–Kier alpha value is -1.56. The van der Waals surface area contributed by atoms with Crippen LogP contribution in [0.2, 0.25) is 0 Å². The number of anilines is 1. The first-order valence-electron chi connectivity index (χ1n) is 5.94. The molecule has 0 atom stereocenters. The Morgan fingerprint density at radius 1 is 1.37 bits per heavy atom. The van der Waals surface area contributed by atoms with Gasteiger partial charge in [0.05, 0.1) is 6.54 Å². The minimum atomic E-state index is -0.315. The minimum Gasteiger partial charge on any atom is -0.398 e. The zero-order valence-corrected chi connectivity index (χ0v) is 12.8. The molecule has 0 spiro atoms. The summed E-state index contributed by atoms with van der Waals surface area (Å²) in [5.41, 5.74) is 7.49. The first-order chi connectivity index (χ1) is 8.81. The molecule has 19 heavy (non-hydrogen) atoms. The highest BCUT2D eigenvalue weighted by Gasteiger charge is 2.13. The molecule has 0 fully saturated rings. The van der Waals surface area contributed by atoms with Crippen LogP contribution >= 0.6 is 15.9 Å². The van der Waals surface area contributed by atoms with E-state index in [1.54, 1.807) is 19.1 Å². The van der Waals surface area contributed by atoms with Gasteiger partial charge in [0.2, 0.25) is 5.91 Å². The molecule has 0 aliphatic rings. The van der Waals surface area contributed by atoms with Crippen LogP contribution in [0.25, 0.3) is 0 Å². The van der Waals surface area contributed by atoms with Crippen molar-refractivity contribution in [2.75, 3.05) is 12.3 Å². The molecule has 5 nitrogen and oxygen atoms in total. The Labute approximate surface area is 121 Å². The van der Waals surface area contributed by atoms with E-state index >= 15 is 0 Å². The zero-order valence-electron chi connectivity index (χ0n) is 11.2. The molecule has 6 heteroatoms. The van der Waals surface area contributed by atoms with Gasteiger partial charge in [0.15, 0.2) is 0 Å². The smallest absolute Gasteiger partial charge is 0.252 e. The molecule has 1 aromatic carbocycles. The fourth-order valence-corrected chi connectivity index (χ4v) is 2.04. The summed E-state index contributed by atoms with van der Waals surface area (Å²) < 4.78 is 0.729. The van der Waals surface area contributed by atoms with Crippen molar-refractivity contribution in [2.45, 2.75) is 26.8 Å². The lowest BCUT2D eigenvalue weighted by Crippen LogP contribution is -2.40. The third kappa shape index (κ3) is 4.55. The van der Waals surface area contributed by atoms with Gasteiger partial charge < -0.3 is 16.4 Å². The van der Waals surface area contributed by atoms with Crippen LogP contribution in [0, 0.1) is 6.92 Å². The molecular weight excluding hydrogens is 310 g/mol. The van der Waals surface area contributed by atoms with E-state index in [4.69, 9.17) is 5.73 Å². The summed E-state index contributed by atoms with van der Waals surface area (Å²) in [6, 6.07) is 3.46. The van der Waals surface area contributed by atoms with Crippen LogP contribution in [0.3, 0.4) is 0 Å². The van der Waals surface area contributed by atoms with E-state index in [2.05, 4.69) is 26.6 Å². The van der Waals surface area contributed by atoms with Crippen molar-refractivity contribution in [1.29, 1.82) is 0 Å². The lowest BCUT2D eigenvalue weighted by molar-refractivity contribution is -0.120. The molecule has 0 saturated heterocycles. The van der Waals surface area contributed by atoms with Crippen LogP contribution in [-0.2, 0) is 4.79 Å². The van der Waals surface area contributed by atoms with Gasteiger partial charge in [-0.15, -0.1) is 0 Å². The van der Waals surface area contributed by atoms with Crippen LogP contribution in [0.4, 0.5) is 5.69 Å². The highest BCUT2D eigenvalue weighted by Crippen LogP contribution is 2.22. The van der Waals surface area contributed by atoms with Crippen LogP contribution in [0.5, 0.6) is 0 Å². The quantitative estimate of drug-likeness (QED) is 0.734. The van der Waals surface area contributed by atoms with Gasteiger partial charge in [-0.1, -0.05) is 15.9 Å². The Morgan fingerprint density at radius 2 is 2.00 bits per heavy atom. The SMILES string of the molecule is Cc1c(N)cc(Br)cc1C(=O)NCC(=O)NC(C)C. The summed E-state index contributed by atoms with van der Waals surface area (Å²) in [5, 5.41) is 5.27. The van der Waals surface area contributed by atoms with Gasteiger partial charge in [-0.2, -0.15) is 0 Å². The molecule has 2 amide bonds. The van der Waals surface area contributed by atoms with Gasteiger partial charge >= 0.3 is 0 Å². The molecule has 104 valence electrons. The highest BCUT2D eigenvalue weighted by atomic mass is 79.9. The van der Waals surface area contributed by atoms with E-state index in [1.165, 1.54) is 0 Å². The predicted octanol–water partition coefficient (Wildman–Crippen LogP) is 1.59. The predicted molar refractivity (Wildman–Crippen MR) is 78.9 cm³/mol. The standard InChI is InChI=1S/C13H18BrN3O2/c1-7(2)17-12(18)6-16-13(19)10-4-9(14)5-11(15)8(10)3/h4-5,7H,6,15H2,1-3H3,(H,16,19)(H,17,18). The Balaban J connectivity index is 2.72. The second kappa shape index (κ2) is 6.56. The second-order valence-corrected chi connectivity index (χ2v) is 5.49. The van der Waals surface area contributed by atoms with Crippen molar-refractivity contribution in [3.8, 4) is 0 Å². The number of carbonyl (C=O) groups excluding carboxylic acids is 2. The maximum atomic E-state index is 12.0. The molecule has 4 N–H and O–H groups in total. The number of hydrogen-bond donors (Lipinski definition) is 3. The van der Waals surface area contributed by atoms with Crippen molar-refractivity contribution in [1.82, 2.24) is 10.6 Å². The van der Waals surface area contributed by atoms with E-state index in [9.17, 15) is 9.59 Å². The van der Waals surface area contributed by atoms with Crippen LogP contribution in [0.1, 0.15) is 29.8 Å². The summed E-state index contributed by atoms with van der Waals surface area (Å²) >= 11 is 3.29. The Morgan fingerprint density at radius 3 is 2.58 bits per heavy atom. The molecule has 0 bridgehead atoms. The number of carbonyl (C=O) groups is 2. The van der Waals surface area contributed by atoms with Crippen molar-refractivity contribution in [3.63, 3.8) is 0 Å². The average Bonchev–Trinajstić information content (AvgIpc) is 2.29. The molecule has 1 rings (SSSR count). The van der Waals surface area contributed by atoms with Crippen LogP contribution in [-0.4, -0.2) is 24.4 Å². The first kappa shape index (κ1) is 15.5. The normalized spacial score (nSPS) is 10.4. The second-order valence-electron chi connectivity index (χ2n) is 4.57. The fourth-order valence-electron chi connectivity index (χ4n) is 1.56. The molecule has 0 heterocycles. The molecule has 0 saturated carbocycles. The third-order valence-corrected chi connectivity index (χ3v) is 2.97. The molecule has 0 radical (unpaired) electrons. The van der Waals surface area contributed by atoms with E-state index < -0.39 is 0 Å². The topological polar surface area (TPSA) is 84.2 Å². The summed E-state index contributed by atoms with van der Waals surface area (Å²) in [6.07, 6.45) is 0. The minimum absolute atomic E-state index is 0.0488. The summed E-state index contributed by atoms with van der Waals surface area (Å²) in [4.78, 5) is 23.4. The molecule has 0 unspecified atom stereocenters. The Bertz CT molecular complexity index is 501. The fraction of sp³-hybridized carbons (Fsp3) is 0.385. The maximum absolute atomic E-state index is 12.0. The van der Waals surface area contributed by atoms with Gasteiger partial charge in [0.25, 0.3) is 5.91 Å². The molecule has 1 aromatic rings. The van der Waals surface area contributed by atoms with E-state index in [0.29, 0.717) is 16.8 Å². The number of amides is 2. The van der Waals surface area contributed by atoms with Crippen molar-refractivity contribution in [3.05, 3.63) is 27.7 Å². The highest BCUT2D eigenvalue weighted by molar-refractivity contribution is 9.10. The number of rotatable bonds is 4. The lowest BCUT2D eigenvalue weighted by Gasteiger charge is -2.11. The number of hydrogen-bond acceptors (Lipinski definition) is 3. The lowest BCUT2D eigenvalue weighted by atomic mass is 10.1. The van der Waals surface area contributed by atoms with E-state index in [-0.39, 0.29) is 24.4 Å². The van der Waals surface area contributed by atoms with Gasteiger partial charge in [-0.25, -0.2) is 0 Å². The zero-order chi connectivity index (χ0) is 14.6. The van der Waals surface area contributed by atoms with E-state index in [0.717, 1.165) is 4.47 Å². The average molecular weight is 328 g/mol. The van der Waals surface area contributed by atoms with Gasteiger partial charge in [-0.05, 0) is 38.5 Å². The Kier molecular flexibility index (Phi) is 5.35. The molecule has 0 aliphatic heterocycles.